The molecule has 5 heteroatoms. The molecule has 4 nitrogen and oxygen atoms in total. The van der Waals surface area contributed by atoms with Gasteiger partial charge in [-0.2, -0.15) is 12.6 Å². The van der Waals surface area contributed by atoms with Crippen molar-refractivity contribution in [3.8, 4) is 5.88 Å². The van der Waals surface area contributed by atoms with Gasteiger partial charge in [0.1, 0.15) is 0 Å². The van der Waals surface area contributed by atoms with Crippen LogP contribution in [0, 0.1) is 0 Å². The summed E-state index contributed by atoms with van der Waals surface area (Å²) in [6, 6.07) is 0. The molecule has 0 aliphatic heterocycles. The Balaban J connectivity index is 2.86. The number of aromatic nitrogens is 2. The summed E-state index contributed by atoms with van der Waals surface area (Å²) in [5, 5.41) is 9.18. The van der Waals surface area contributed by atoms with E-state index in [0.717, 1.165) is 0 Å². The first kappa shape index (κ1) is 8.26. The van der Waals surface area contributed by atoms with Crippen LogP contribution in [0.15, 0.2) is 4.79 Å². The van der Waals surface area contributed by atoms with Crippen molar-refractivity contribution in [2.24, 2.45) is 0 Å². The smallest absolute Gasteiger partial charge is 0.325 e. The third kappa shape index (κ3) is 2.04. The normalized spacial score (nSPS) is 13.3. The van der Waals surface area contributed by atoms with Gasteiger partial charge < -0.3 is 10.1 Å². The maximum absolute atomic E-state index is 10.6. The summed E-state index contributed by atoms with van der Waals surface area (Å²) in [5.41, 5.74) is 0.129. The zero-order valence-electron chi connectivity index (χ0n) is 6.09. The lowest BCUT2D eigenvalue weighted by Gasteiger charge is -1.99. The molecule has 0 radical (unpaired) electrons. The first-order chi connectivity index (χ1) is 5.09. The molecule has 1 aromatic rings. The van der Waals surface area contributed by atoms with E-state index in [9.17, 15) is 4.79 Å². The average Bonchev–Trinajstić information content (AvgIpc) is 2.09. The molecule has 0 saturated heterocycles. The molecule has 11 heavy (non-hydrogen) atoms. The molecular weight excluding hydrogens is 164 g/mol. The highest BCUT2D eigenvalue weighted by Crippen LogP contribution is 2.11. The van der Waals surface area contributed by atoms with E-state index in [0.29, 0.717) is 12.1 Å². The van der Waals surface area contributed by atoms with Gasteiger partial charge in [0.2, 0.25) is 5.88 Å². The Bertz CT molecular complexity index is 289. The van der Waals surface area contributed by atoms with Crippen molar-refractivity contribution in [1.29, 1.82) is 0 Å². The molecule has 1 heterocycles. The molecule has 62 valence electrons. The summed E-state index contributed by atoms with van der Waals surface area (Å²) in [7, 11) is 0. The first-order valence-corrected chi connectivity index (χ1v) is 3.79. The SMILES string of the molecule is CC(S)Cc1[nH]c(=O)[nH]c1O. The zero-order chi connectivity index (χ0) is 8.43. The maximum Gasteiger partial charge on any atom is 0.325 e. The molecule has 0 aliphatic carbocycles. The van der Waals surface area contributed by atoms with Crippen molar-refractivity contribution in [3.05, 3.63) is 16.2 Å². The van der Waals surface area contributed by atoms with Crippen molar-refractivity contribution in [2.75, 3.05) is 0 Å². The van der Waals surface area contributed by atoms with E-state index < -0.39 is 0 Å². The number of H-pyrrole nitrogens is 2. The van der Waals surface area contributed by atoms with Gasteiger partial charge in [-0.15, -0.1) is 0 Å². The minimum absolute atomic E-state index is 0.0871. The fourth-order valence-corrected chi connectivity index (χ4v) is 1.04. The van der Waals surface area contributed by atoms with Gasteiger partial charge in [0, 0.05) is 11.7 Å². The van der Waals surface area contributed by atoms with Crippen LogP contribution in [0.2, 0.25) is 0 Å². The number of aromatic hydroxyl groups is 1. The molecule has 0 saturated carbocycles. The van der Waals surface area contributed by atoms with Crippen LogP contribution in [0.25, 0.3) is 0 Å². The molecular formula is C6H10N2O2S. The predicted molar refractivity (Wildman–Crippen MR) is 45.2 cm³/mol. The third-order valence-corrected chi connectivity index (χ3v) is 1.46. The lowest BCUT2D eigenvalue weighted by atomic mass is 10.2. The summed E-state index contributed by atoms with van der Waals surface area (Å²) in [6.45, 7) is 1.88. The predicted octanol–water partition coefficient (Wildman–Crippen LogP) is 0.269. The van der Waals surface area contributed by atoms with E-state index in [2.05, 4.69) is 22.6 Å². The molecule has 1 aromatic heterocycles. The monoisotopic (exact) mass is 174 g/mol. The molecule has 0 aromatic carbocycles. The van der Waals surface area contributed by atoms with Gasteiger partial charge in [-0.05, 0) is 0 Å². The van der Waals surface area contributed by atoms with Gasteiger partial charge in [-0.3, -0.25) is 4.98 Å². The second kappa shape index (κ2) is 3.04. The van der Waals surface area contributed by atoms with E-state index in [4.69, 9.17) is 5.11 Å². The molecule has 1 atom stereocenters. The van der Waals surface area contributed by atoms with Crippen LogP contribution < -0.4 is 5.69 Å². The second-order valence-electron chi connectivity index (χ2n) is 2.46. The lowest BCUT2D eigenvalue weighted by molar-refractivity contribution is 0.448. The van der Waals surface area contributed by atoms with Crippen molar-refractivity contribution in [3.63, 3.8) is 0 Å². The molecule has 1 unspecified atom stereocenters. The van der Waals surface area contributed by atoms with Crippen LogP contribution in [-0.2, 0) is 6.42 Å². The molecule has 1 rings (SSSR count). The average molecular weight is 174 g/mol. The van der Waals surface area contributed by atoms with Crippen LogP contribution in [0.5, 0.6) is 5.88 Å². The number of hydrogen-bond acceptors (Lipinski definition) is 3. The molecule has 0 aliphatic rings. The minimum atomic E-state index is -0.383. The highest BCUT2D eigenvalue weighted by Gasteiger charge is 2.06. The fourth-order valence-electron chi connectivity index (χ4n) is 0.854. The summed E-state index contributed by atoms with van der Waals surface area (Å²) >= 11 is 4.12. The molecule has 0 amide bonds. The Morgan fingerprint density at radius 3 is 2.64 bits per heavy atom. The lowest BCUT2D eigenvalue weighted by Crippen LogP contribution is -2.03. The third-order valence-electron chi connectivity index (χ3n) is 1.28. The van der Waals surface area contributed by atoms with Gasteiger partial charge >= 0.3 is 5.69 Å². The maximum atomic E-state index is 10.6. The van der Waals surface area contributed by atoms with Crippen LogP contribution in [-0.4, -0.2) is 20.3 Å². The topological polar surface area (TPSA) is 68.9 Å². The largest absolute Gasteiger partial charge is 0.493 e. The highest BCUT2D eigenvalue weighted by molar-refractivity contribution is 7.80. The highest BCUT2D eigenvalue weighted by atomic mass is 32.1. The van der Waals surface area contributed by atoms with E-state index >= 15 is 0 Å². The van der Waals surface area contributed by atoms with Gasteiger partial charge in [0.15, 0.2) is 0 Å². The number of hydrogen-bond donors (Lipinski definition) is 4. The molecule has 3 N–H and O–H groups in total. The number of aromatic amines is 2. The molecule has 0 spiro atoms. The van der Waals surface area contributed by atoms with Crippen LogP contribution >= 0.6 is 12.6 Å². The standard InChI is InChI=1S/C6H10N2O2S/c1-3(11)2-4-5(9)8-6(10)7-4/h3,9,11H,2H2,1H3,(H2,7,8,10). The Kier molecular flexibility index (Phi) is 2.28. The van der Waals surface area contributed by atoms with E-state index in [1.54, 1.807) is 0 Å². The summed E-state index contributed by atoms with van der Waals surface area (Å²) < 4.78 is 0. The molecule has 0 fully saturated rings. The van der Waals surface area contributed by atoms with Crippen molar-refractivity contribution in [2.45, 2.75) is 18.6 Å². The van der Waals surface area contributed by atoms with E-state index in [1.807, 2.05) is 6.92 Å². The van der Waals surface area contributed by atoms with Crippen LogP contribution in [0.3, 0.4) is 0 Å². The Morgan fingerprint density at radius 1 is 1.64 bits per heavy atom. The second-order valence-corrected chi connectivity index (χ2v) is 3.34. The van der Waals surface area contributed by atoms with Crippen LogP contribution in [0.1, 0.15) is 12.6 Å². The Labute approximate surface area is 69.1 Å². The van der Waals surface area contributed by atoms with E-state index in [-0.39, 0.29) is 16.8 Å². The first-order valence-electron chi connectivity index (χ1n) is 3.28. The number of thiol groups is 1. The number of rotatable bonds is 2. The summed E-state index contributed by atoms with van der Waals surface area (Å²) in [6.07, 6.45) is 0.549. The van der Waals surface area contributed by atoms with Crippen molar-refractivity contribution in [1.82, 2.24) is 9.97 Å². The Morgan fingerprint density at radius 2 is 2.27 bits per heavy atom. The minimum Gasteiger partial charge on any atom is -0.493 e. The van der Waals surface area contributed by atoms with Gasteiger partial charge in [0.05, 0.1) is 5.69 Å². The summed E-state index contributed by atoms with van der Waals surface area (Å²) in [5.74, 6) is -0.0871. The van der Waals surface area contributed by atoms with E-state index in [1.165, 1.54) is 0 Å². The zero-order valence-corrected chi connectivity index (χ0v) is 6.98. The number of nitrogens with one attached hydrogen (secondary N) is 2. The number of imidazole rings is 1. The quantitative estimate of drug-likeness (QED) is 0.486. The van der Waals surface area contributed by atoms with Crippen LogP contribution in [0.4, 0.5) is 0 Å². The van der Waals surface area contributed by atoms with Gasteiger partial charge in [-0.1, -0.05) is 6.92 Å². The molecule has 0 bridgehead atoms. The fraction of sp³-hybridized carbons (Fsp3) is 0.500. The summed E-state index contributed by atoms with van der Waals surface area (Å²) in [4.78, 5) is 15.3. The van der Waals surface area contributed by atoms with Crippen molar-refractivity contribution >= 4 is 12.6 Å². The van der Waals surface area contributed by atoms with Gasteiger partial charge in [-0.25, -0.2) is 4.79 Å². The Hall–Kier alpha value is -0.840. The van der Waals surface area contributed by atoms with Crippen molar-refractivity contribution < 1.29 is 5.11 Å². The van der Waals surface area contributed by atoms with Gasteiger partial charge in [0.25, 0.3) is 0 Å².